The SMILES string of the molecule is Cc1cc(C)c(C)c(OCCCNc2ccc(S(=O)(=O)N3CCOCC3)cn2)c1. The summed E-state index contributed by atoms with van der Waals surface area (Å²) in [5.41, 5.74) is 3.59. The number of aromatic nitrogens is 1. The summed E-state index contributed by atoms with van der Waals surface area (Å²) in [5, 5.41) is 3.21. The van der Waals surface area contributed by atoms with Gasteiger partial charge in [0, 0.05) is 25.8 Å². The quantitative estimate of drug-likeness (QED) is 0.663. The largest absolute Gasteiger partial charge is 0.493 e. The number of hydrogen-bond acceptors (Lipinski definition) is 6. The molecule has 1 aromatic heterocycles. The molecule has 1 aliphatic rings. The number of nitrogens with one attached hydrogen (secondary N) is 1. The molecule has 3 rings (SSSR count). The number of rotatable bonds is 8. The van der Waals surface area contributed by atoms with Gasteiger partial charge in [0.2, 0.25) is 10.0 Å². The molecule has 7 nitrogen and oxygen atoms in total. The summed E-state index contributed by atoms with van der Waals surface area (Å²) in [7, 11) is -3.51. The van der Waals surface area contributed by atoms with E-state index in [4.69, 9.17) is 9.47 Å². The maximum Gasteiger partial charge on any atom is 0.244 e. The second-order valence-corrected chi connectivity index (χ2v) is 9.17. The smallest absolute Gasteiger partial charge is 0.244 e. The van der Waals surface area contributed by atoms with Crippen molar-refractivity contribution in [2.75, 3.05) is 44.8 Å². The van der Waals surface area contributed by atoms with Gasteiger partial charge in [0.05, 0.1) is 19.8 Å². The number of hydrogen-bond donors (Lipinski definition) is 1. The number of aryl methyl sites for hydroxylation is 2. The highest BCUT2D eigenvalue weighted by atomic mass is 32.2. The average Bonchev–Trinajstić information content (AvgIpc) is 2.72. The van der Waals surface area contributed by atoms with E-state index in [2.05, 4.69) is 43.2 Å². The van der Waals surface area contributed by atoms with Crippen LogP contribution in [-0.2, 0) is 14.8 Å². The molecule has 29 heavy (non-hydrogen) atoms. The summed E-state index contributed by atoms with van der Waals surface area (Å²) in [4.78, 5) is 4.45. The lowest BCUT2D eigenvalue weighted by atomic mass is 10.1. The standard InChI is InChI=1S/C21H29N3O4S/c1-16-13-17(2)18(3)20(14-16)28-10-4-7-22-21-6-5-19(15-23-21)29(25,26)24-8-11-27-12-9-24/h5-6,13-15H,4,7-12H2,1-3H3,(H,22,23). The monoisotopic (exact) mass is 419 g/mol. The van der Waals surface area contributed by atoms with Crippen LogP contribution < -0.4 is 10.1 Å². The van der Waals surface area contributed by atoms with Crippen LogP contribution in [0.5, 0.6) is 5.75 Å². The molecular formula is C21H29N3O4S. The molecule has 1 fully saturated rings. The van der Waals surface area contributed by atoms with Crippen molar-refractivity contribution in [3.8, 4) is 5.75 Å². The molecule has 2 heterocycles. The molecule has 0 atom stereocenters. The van der Waals surface area contributed by atoms with E-state index in [1.54, 1.807) is 12.1 Å². The Balaban J connectivity index is 1.47. The first kappa shape index (κ1) is 21.5. The summed E-state index contributed by atoms with van der Waals surface area (Å²) < 4.78 is 37.8. The second kappa shape index (κ2) is 9.56. The molecule has 0 aliphatic carbocycles. The highest BCUT2D eigenvalue weighted by Crippen LogP contribution is 2.23. The zero-order chi connectivity index (χ0) is 20.9. The van der Waals surface area contributed by atoms with Crippen LogP contribution in [0, 0.1) is 20.8 Å². The molecule has 2 aromatic rings. The first-order valence-corrected chi connectivity index (χ1v) is 11.3. The third-order valence-corrected chi connectivity index (χ3v) is 6.88. The van der Waals surface area contributed by atoms with Crippen LogP contribution in [-0.4, -0.2) is 57.2 Å². The first-order chi connectivity index (χ1) is 13.9. The minimum absolute atomic E-state index is 0.207. The lowest BCUT2D eigenvalue weighted by Crippen LogP contribution is -2.40. The molecule has 8 heteroatoms. The van der Waals surface area contributed by atoms with E-state index in [1.165, 1.54) is 27.2 Å². The van der Waals surface area contributed by atoms with Gasteiger partial charge in [-0.05, 0) is 62.1 Å². The Morgan fingerprint density at radius 1 is 1.17 bits per heavy atom. The van der Waals surface area contributed by atoms with Gasteiger partial charge in [0.1, 0.15) is 16.5 Å². The van der Waals surface area contributed by atoms with E-state index in [1.807, 2.05) is 0 Å². The maximum absolute atomic E-state index is 12.6. The van der Waals surface area contributed by atoms with Crippen LogP contribution >= 0.6 is 0 Å². The fraction of sp³-hybridized carbons (Fsp3) is 0.476. The molecule has 1 saturated heterocycles. The van der Waals surface area contributed by atoms with Gasteiger partial charge in [-0.25, -0.2) is 13.4 Å². The number of morpholine rings is 1. The van der Waals surface area contributed by atoms with Crippen molar-refractivity contribution in [2.45, 2.75) is 32.1 Å². The lowest BCUT2D eigenvalue weighted by Gasteiger charge is -2.25. The van der Waals surface area contributed by atoms with Crippen molar-refractivity contribution in [2.24, 2.45) is 0 Å². The minimum Gasteiger partial charge on any atom is -0.493 e. The molecule has 0 unspecified atom stereocenters. The van der Waals surface area contributed by atoms with Gasteiger partial charge in [-0.1, -0.05) is 6.07 Å². The fourth-order valence-corrected chi connectivity index (χ4v) is 4.55. The van der Waals surface area contributed by atoms with Gasteiger partial charge in [0.25, 0.3) is 0 Å². The van der Waals surface area contributed by atoms with E-state index >= 15 is 0 Å². The number of nitrogens with zero attached hydrogens (tertiary/aromatic N) is 2. The lowest BCUT2D eigenvalue weighted by molar-refractivity contribution is 0.0730. The normalized spacial score (nSPS) is 15.3. The summed E-state index contributed by atoms with van der Waals surface area (Å²) >= 11 is 0. The van der Waals surface area contributed by atoms with E-state index < -0.39 is 10.0 Å². The molecule has 0 saturated carbocycles. The summed E-state index contributed by atoms with van der Waals surface area (Å²) in [5.74, 6) is 1.58. The van der Waals surface area contributed by atoms with Crippen molar-refractivity contribution in [1.82, 2.24) is 9.29 Å². The Morgan fingerprint density at radius 3 is 2.62 bits per heavy atom. The van der Waals surface area contributed by atoms with Crippen LogP contribution in [0.2, 0.25) is 0 Å². The topological polar surface area (TPSA) is 80.8 Å². The molecule has 0 radical (unpaired) electrons. The Bertz CT molecular complexity index is 924. The van der Waals surface area contributed by atoms with Crippen LogP contribution in [0.15, 0.2) is 35.4 Å². The Morgan fingerprint density at radius 2 is 1.93 bits per heavy atom. The molecule has 158 valence electrons. The zero-order valence-electron chi connectivity index (χ0n) is 17.3. The van der Waals surface area contributed by atoms with E-state index in [-0.39, 0.29) is 4.90 Å². The molecule has 0 spiro atoms. The van der Waals surface area contributed by atoms with Gasteiger partial charge in [0.15, 0.2) is 0 Å². The van der Waals surface area contributed by atoms with Crippen LogP contribution in [0.1, 0.15) is 23.1 Å². The van der Waals surface area contributed by atoms with Gasteiger partial charge >= 0.3 is 0 Å². The highest BCUT2D eigenvalue weighted by molar-refractivity contribution is 7.89. The van der Waals surface area contributed by atoms with Crippen molar-refractivity contribution in [3.05, 3.63) is 47.2 Å². The van der Waals surface area contributed by atoms with Crippen molar-refractivity contribution in [1.29, 1.82) is 0 Å². The molecular weight excluding hydrogens is 390 g/mol. The zero-order valence-corrected chi connectivity index (χ0v) is 18.1. The Labute approximate surface area is 173 Å². The number of benzene rings is 1. The average molecular weight is 420 g/mol. The van der Waals surface area contributed by atoms with Gasteiger partial charge in [-0.15, -0.1) is 0 Å². The van der Waals surface area contributed by atoms with Crippen molar-refractivity contribution >= 4 is 15.8 Å². The molecule has 1 aliphatic heterocycles. The Kier molecular flexibility index (Phi) is 7.10. The second-order valence-electron chi connectivity index (χ2n) is 7.23. The minimum atomic E-state index is -3.51. The molecule has 0 bridgehead atoms. The molecule has 1 aromatic carbocycles. The summed E-state index contributed by atoms with van der Waals surface area (Å²) in [6, 6.07) is 7.50. The number of sulfonamides is 1. The van der Waals surface area contributed by atoms with Gasteiger partial charge in [-0.2, -0.15) is 4.31 Å². The predicted molar refractivity (Wildman–Crippen MR) is 113 cm³/mol. The van der Waals surface area contributed by atoms with Crippen LogP contribution in [0.4, 0.5) is 5.82 Å². The number of pyridine rings is 1. The predicted octanol–water partition coefficient (Wildman–Crippen LogP) is 2.91. The van der Waals surface area contributed by atoms with Gasteiger partial charge < -0.3 is 14.8 Å². The Hall–Kier alpha value is -2.16. The van der Waals surface area contributed by atoms with E-state index in [0.717, 1.165) is 12.2 Å². The molecule has 0 amide bonds. The van der Waals surface area contributed by atoms with Crippen molar-refractivity contribution in [3.63, 3.8) is 0 Å². The maximum atomic E-state index is 12.6. The summed E-state index contributed by atoms with van der Waals surface area (Å²) in [6.07, 6.45) is 2.21. The number of ether oxygens (including phenoxy) is 2. The fourth-order valence-electron chi connectivity index (χ4n) is 3.19. The molecule has 1 N–H and O–H groups in total. The van der Waals surface area contributed by atoms with Crippen molar-refractivity contribution < 1.29 is 17.9 Å². The summed E-state index contributed by atoms with van der Waals surface area (Å²) in [6.45, 7) is 9.11. The van der Waals surface area contributed by atoms with Gasteiger partial charge in [-0.3, -0.25) is 0 Å². The third-order valence-electron chi connectivity index (χ3n) is 4.99. The van der Waals surface area contributed by atoms with E-state index in [0.29, 0.717) is 45.3 Å². The van der Waals surface area contributed by atoms with Crippen LogP contribution in [0.3, 0.4) is 0 Å². The number of anilines is 1. The third kappa shape index (κ3) is 5.46. The first-order valence-electron chi connectivity index (χ1n) is 9.86. The van der Waals surface area contributed by atoms with Crippen LogP contribution in [0.25, 0.3) is 0 Å². The highest BCUT2D eigenvalue weighted by Gasteiger charge is 2.26. The van der Waals surface area contributed by atoms with E-state index in [9.17, 15) is 8.42 Å².